The van der Waals surface area contributed by atoms with Gasteiger partial charge in [0.25, 0.3) is 0 Å². The molecule has 2 rings (SSSR count). The van der Waals surface area contributed by atoms with Gasteiger partial charge < -0.3 is 11.1 Å². The van der Waals surface area contributed by atoms with Gasteiger partial charge >= 0.3 is 0 Å². The summed E-state index contributed by atoms with van der Waals surface area (Å²) in [7, 11) is 0. The van der Waals surface area contributed by atoms with Crippen molar-refractivity contribution in [1.29, 1.82) is 0 Å². The van der Waals surface area contributed by atoms with Crippen LogP contribution in [0.2, 0.25) is 0 Å². The maximum atomic E-state index is 5.60. The van der Waals surface area contributed by atoms with Gasteiger partial charge in [0.05, 0.1) is 0 Å². The van der Waals surface area contributed by atoms with Crippen LogP contribution in [0, 0.1) is 13.8 Å². The van der Waals surface area contributed by atoms with E-state index in [2.05, 4.69) is 31.2 Å². The van der Waals surface area contributed by atoms with Gasteiger partial charge in [-0.25, -0.2) is 9.97 Å². The number of aromatic nitrogens is 2. The van der Waals surface area contributed by atoms with Crippen LogP contribution in [0.15, 0.2) is 28.7 Å². The van der Waals surface area contributed by atoms with E-state index < -0.39 is 0 Å². The van der Waals surface area contributed by atoms with Crippen LogP contribution in [-0.2, 0) is 0 Å². The van der Waals surface area contributed by atoms with Gasteiger partial charge in [0.1, 0.15) is 10.7 Å². The third-order valence-corrected chi connectivity index (χ3v) is 3.69. The first kappa shape index (κ1) is 13.9. The Morgan fingerprint density at radius 1 is 1.32 bits per heavy atom. The molecule has 0 radical (unpaired) electrons. The van der Waals surface area contributed by atoms with E-state index in [4.69, 9.17) is 18.0 Å². The standard InChI is InChI=1S/C13H13BrN4S/c1-7-6-11(12(15)19)18-13(16-7)17-10-5-3-4-9(14)8(10)2/h3-6H,1-2H3,(H2,15,19)(H,16,17,18). The topological polar surface area (TPSA) is 63.8 Å². The van der Waals surface area contributed by atoms with Gasteiger partial charge in [-0.15, -0.1) is 0 Å². The van der Waals surface area contributed by atoms with Gasteiger partial charge in [-0.1, -0.05) is 34.2 Å². The fourth-order valence-corrected chi connectivity index (χ4v) is 2.08. The van der Waals surface area contributed by atoms with E-state index in [1.807, 2.05) is 32.0 Å². The summed E-state index contributed by atoms with van der Waals surface area (Å²) in [6.45, 7) is 3.89. The van der Waals surface area contributed by atoms with Crippen LogP contribution in [0.1, 0.15) is 17.0 Å². The molecule has 0 bridgehead atoms. The third-order valence-electron chi connectivity index (χ3n) is 2.62. The predicted octanol–water partition coefficient (Wildman–Crippen LogP) is 3.23. The molecule has 2 aromatic rings. The average molecular weight is 337 g/mol. The zero-order chi connectivity index (χ0) is 14.0. The number of anilines is 2. The van der Waals surface area contributed by atoms with Crippen LogP contribution in [0.5, 0.6) is 0 Å². The van der Waals surface area contributed by atoms with E-state index in [0.717, 1.165) is 21.4 Å². The lowest BCUT2D eigenvalue weighted by atomic mass is 10.2. The second-order valence-electron chi connectivity index (χ2n) is 4.12. The fraction of sp³-hybridized carbons (Fsp3) is 0.154. The SMILES string of the molecule is Cc1cc(C(N)=S)nc(Nc2cccc(Br)c2C)n1. The Labute approximate surface area is 125 Å². The van der Waals surface area contributed by atoms with Gasteiger partial charge in [-0.05, 0) is 37.6 Å². The number of rotatable bonds is 3. The number of hydrogen-bond donors (Lipinski definition) is 2. The zero-order valence-electron chi connectivity index (χ0n) is 10.6. The maximum Gasteiger partial charge on any atom is 0.228 e. The maximum absolute atomic E-state index is 5.60. The minimum absolute atomic E-state index is 0.263. The number of thiocarbonyl (C=S) groups is 1. The first-order valence-electron chi connectivity index (χ1n) is 5.65. The molecule has 3 N–H and O–H groups in total. The second-order valence-corrected chi connectivity index (χ2v) is 5.41. The summed E-state index contributed by atoms with van der Waals surface area (Å²) >= 11 is 8.43. The molecule has 0 unspecified atom stereocenters. The van der Waals surface area contributed by atoms with Crippen LogP contribution < -0.4 is 11.1 Å². The largest absolute Gasteiger partial charge is 0.388 e. The van der Waals surface area contributed by atoms with Crippen LogP contribution in [0.25, 0.3) is 0 Å². The normalized spacial score (nSPS) is 10.3. The van der Waals surface area contributed by atoms with Crippen molar-refractivity contribution in [1.82, 2.24) is 9.97 Å². The monoisotopic (exact) mass is 336 g/mol. The lowest BCUT2D eigenvalue weighted by molar-refractivity contribution is 1.09. The molecular weight excluding hydrogens is 324 g/mol. The molecule has 0 fully saturated rings. The van der Waals surface area contributed by atoms with Crippen molar-refractivity contribution in [3.05, 3.63) is 45.7 Å². The van der Waals surface area contributed by atoms with Crippen LogP contribution in [0.4, 0.5) is 11.6 Å². The van der Waals surface area contributed by atoms with E-state index in [-0.39, 0.29) is 4.99 Å². The van der Waals surface area contributed by atoms with E-state index in [9.17, 15) is 0 Å². The minimum Gasteiger partial charge on any atom is -0.388 e. The number of nitrogens with zero attached hydrogens (tertiary/aromatic N) is 2. The molecule has 1 aromatic carbocycles. The highest BCUT2D eigenvalue weighted by Gasteiger charge is 2.07. The second kappa shape index (κ2) is 5.63. The molecule has 6 heteroatoms. The Balaban J connectivity index is 2.38. The molecule has 0 aliphatic rings. The van der Waals surface area contributed by atoms with E-state index in [1.54, 1.807) is 6.07 Å². The molecule has 0 saturated heterocycles. The van der Waals surface area contributed by atoms with Crippen molar-refractivity contribution in [3.8, 4) is 0 Å². The molecule has 1 aromatic heterocycles. The van der Waals surface area contributed by atoms with Crippen molar-refractivity contribution in [2.75, 3.05) is 5.32 Å². The van der Waals surface area contributed by atoms with E-state index in [1.165, 1.54) is 0 Å². The molecule has 0 aliphatic carbocycles. The number of hydrogen-bond acceptors (Lipinski definition) is 4. The molecule has 0 saturated carbocycles. The first-order chi connectivity index (χ1) is 8.97. The summed E-state index contributed by atoms with van der Waals surface area (Å²) in [5.41, 5.74) is 9.01. The van der Waals surface area contributed by atoms with Crippen LogP contribution in [0.3, 0.4) is 0 Å². The minimum atomic E-state index is 0.263. The molecule has 0 amide bonds. The van der Waals surface area contributed by atoms with Crippen molar-refractivity contribution in [2.45, 2.75) is 13.8 Å². The molecule has 4 nitrogen and oxygen atoms in total. The lowest BCUT2D eigenvalue weighted by Gasteiger charge is -2.10. The summed E-state index contributed by atoms with van der Waals surface area (Å²) in [4.78, 5) is 8.89. The Kier molecular flexibility index (Phi) is 4.11. The molecule has 19 heavy (non-hydrogen) atoms. The lowest BCUT2D eigenvalue weighted by Crippen LogP contribution is -2.14. The fourth-order valence-electron chi connectivity index (χ4n) is 1.61. The van der Waals surface area contributed by atoms with Crippen molar-refractivity contribution >= 4 is 44.8 Å². The molecular formula is C13H13BrN4S. The predicted molar refractivity (Wildman–Crippen MR) is 84.8 cm³/mol. The van der Waals surface area contributed by atoms with Crippen molar-refractivity contribution in [3.63, 3.8) is 0 Å². The molecule has 0 spiro atoms. The quantitative estimate of drug-likeness (QED) is 0.842. The molecule has 0 atom stereocenters. The summed E-state index contributed by atoms with van der Waals surface area (Å²) in [6, 6.07) is 7.66. The highest BCUT2D eigenvalue weighted by Crippen LogP contribution is 2.25. The van der Waals surface area contributed by atoms with Crippen molar-refractivity contribution in [2.24, 2.45) is 5.73 Å². The Hall–Kier alpha value is -1.53. The first-order valence-corrected chi connectivity index (χ1v) is 6.85. The summed E-state index contributed by atoms with van der Waals surface area (Å²) in [6.07, 6.45) is 0. The van der Waals surface area contributed by atoms with Gasteiger partial charge in [-0.3, -0.25) is 0 Å². The summed E-state index contributed by atoms with van der Waals surface area (Å²) in [5, 5.41) is 3.18. The summed E-state index contributed by atoms with van der Waals surface area (Å²) in [5.74, 6) is 0.490. The van der Waals surface area contributed by atoms with E-state index in [0.29, 0.717) is 11.6 Å². The summed E-state index contributed by atoms with van der Waals surface area (Å²) < 4.78 is 1.03. The average Bonchev–Trinajstić information content (AvgIpc) is 2.34. The van der Waals surface area contributed by atoms with Crippen molar-refractivity contribution < 1.29 is 0 Å². The van der Waals surface area contributed by atoms with E-state index >= 15 is 0 Å². The number of aryl methyl sites for hydroxylation is 1. The number of halogens is 1. The third kappa shape index (κ3) is 3.27. The Bertz CT molecular complexity index is 643. The number of nitrogens with two attached hydrogens (primary N) is 1. The van der Waals surface area contributed by atoms with Crippen LogP contribution in [-0.4, -0.2) is 15.0 Å². The molecule has 98 valence electrons. The van der Waals surface area contributed by atoms with Crippen LogP contribution >= 0.6 is 28.1 Å². The van der Waals surface area contributed by atoms with Gasteiger partial charge in [0, 0.05) is 15.9 Å². The van der Waals surface area contributed by atoms with Gasteiger partial charge in [-0.2, -0.15) is 0 Å². The highest BCUT2D eigenvalue weighted by atomic mass is 79.9. The molecule has 1 heterocycles. The van der Waals surface area contributed by atoms with Gasteiger partial charge in [0.15, 0.2) is 0 Å². The number of nitrogens with one attached hydrogen (secondary N) is 1. The van der Waals surface area contributed by atoms with Gasteiger partial charge in [0.2, 0.25) is 5.95 Å². The zero-order valence-corrected chi connectivity index (χ0v) is 13.0. The number of benzene rings is 1. The Morgan fingerprint density at radius 3 is 2.74 bits per heavy atom. The highest BCUT2D eigenvalue weighted by molar-refractivity contribution is 9.10. The molecule has 0 aliphatic heterocycles. The smallest absolute Gasteiger partial charge is 0.228 e. The Morgan fingerprint density at radius 2 is 2.05 bits per heavy atom.